The molecule has 0 saturated carbocycles. The Bertz CT molecular complexity index is 643. The Hall–Kier alpha value is -1.52. The van der Waals surface area contributed by atoms with E-state index in [1.807, 2.05) is 24.3 Å². The van der Waals surface area contributed by atoms with E-state index < -0.39 is 0 Å². The van der Waals surface area contributed by atoms with Crippen molar-refractivity contribution < 1.29 is 9.53 Å². The van der Waals surface area contributed by atoms with E-state index in [-0.39, 0.29) is 24.5 Å². The number of benzene rings is 1. The number of aromatic amines is 1. The third kappa shape index (κ3) is 2.65. The van der Waals surface area contributed by atoms with Crippen LogP contribution >= 0.6 is 12.4 Å². The molecule has 2 N–H and O–H groups in total. The van der Waals surface area contributed by atoms with Gasteiger partial charge in [0, 0.05) is 29.2 Å². The first kappa shape index (κ1) is 14.4. The molecule has 2 unspecified atom stereocenters. The van der Waals surface area contributed by atoms with Crippen LogP contribution in [0.3, 0.4) is 0 Å². The van der Waals surface area contributed by atoms with Gasteiger partial charge in [0.05, 0.1) is 5.56 Å². The molecule has 21 heavy (non-hydrogen) atoms. The lowest BCUT2D eigenvalue weighted by Gasteiger charge is -2.28. The lowest BCUT2D eigenvalue weighted by atomic mass is 10.0. The molecule has 5 heteroatoms. The van der Waals surface area contributed by atoms with Crippen LogP contribution in [0.1, 0.15) is 36.0 Å². The molecule has 4 rings (SSSR count). The van der Waals surface area contributed by atoms with Crippen molar-refractivity contribution in [1.82, 2.24) is 10.3 Å². The summed E-state index contributed by atoms with van der Waals surface area (Å²) in [6.45, 7) is 0. The van der Waals surface area contributed by atoms with Crippen molar-refractivity contribution in [3.8, 4) is 0 Å². The SMILES string of the molecule is Cl.O=C(OC1CC2CCC(C1)N2)c1c[nH]c2ccccc12. The number of rotatable bonds is 2. The zero-order chi connectivity index (χ0) is 13.5. The Morgan fingerprint density at radius 2 is 1.86 bits per heavy atom. The van der Waals surface area contributed by atoms with Crippen LogP contribution in [0.5, 0.6) is 0 Å². The molecule has 0 aliphatic carbocycles. The Kier molecular flexibility index (Phi) is 3.91. The summed E-state index contributed by atoms with van der Waals surface area (Å²) in [4.78, 5) is 15.5. The average Bonchev–Trinajstić information content (AvgIpc) is 3.02. The number of carbonyl (C=O) groups excluding carboxylic acids is 1. The van der Waals surface area contributed by atoms with Crippen LogP contribution in [0.25, 0.3) is 10.9 Å². The van der Waals surface area contributed by atoms with Crippen LogP contribution in [-0.4, -0.2) is 29.1 Å². The van der Waals surface area contributed by atoms with Gasteiger partial charge in [0.2, 0.25) is 0 Å². The summed E-state index contributed by atoms with van der Waals surface area (Å²) < 4.78 is 5.73. The molecular formula is C16H19ClN2O2. The largest absolute Gasteiger partial charge is 0.459 e. The molecule has 2 fully saturated rings. The van der Waals surface area contributed by atoms with Gasteiger partial charge in [-0.05, 0) is 31.7 Å². The number of nitrogens with one attached hydrogen (secondary N) is 2. The lowest BCUT2D eigenvalue weighted by molar-refractivity contribution is 0.0179. The molecule has 2 atom stereocenters. The minimum atomic E-state index is -0.200. The lowest BCUT2D eigenvalue weighted by Crippen LogP contribution is -2.42. The van der Waals surface area contributed by atoms with Crippen molar-refractivity contribution in [2.24, 2.45) is 0 Å². The van der Waals surface area contributed by atoms with E-state index >= 15 is 0 Å². The van der Waals surface area contributed by atoms with E-state index in [1.54, 1.807) is 6.20 Å². The molecule has 2 saturated heterocycles. The van der Waals surface area contributed by atoms with Crippen LogP contribution in [0.4, 0.5) is 0 Å². The van der Waals surface area contributed by atoms with E-state index in [2.05, 4.69) is 10.3 Å². The van der Waals surface area contributed by atoms with Gasteiger partial charge in [0.1, 0.15) is 6.10 Å². The van der Waals surface area contributed by atoms with Gasteiger partial charge in [-0.1, -0.05) is 18.2 Å². The van der Waals surface area contributed by atoms with Gasteiger partial charge >= 0.3 is 5.97 Å². The van der Waals surface area contributed by atoms with E-state index in [1.165, 1.54) is 12.8 Å². The van der Waals surface area contributed by atoms with E-state index in [0.717, 1.165) is 23.7 Å². The first-order valence-corrected chi connectivity index (χ1v) is 7.33. The van der Waals surface area contributed by atoms with Crippen LogP contribution in [0.15, 0.2) is 30.5 Å². The third-order valence-corrected chi connectivity index (χ3v) is 4.51. The predicted octanol–water partition coefficient (Wildman–Crippen LogP) is 3.03. The molecule has 4 nitrogen and oxygen atoms in total. The summed E-state index contributed by atoms with van der Waals surface area (Å²) in [5.41, 5.74) is 1.62. The molecule has 3 heterocycles. The summed E-state index contributed by atoms with van der Waals surface area (Å²) in [7, 11) is 0. The highest BCUT2D eigenvalue weighted by atomic mass is 35.5. The number of hydrogen-bond acceptors (Lipinski definition) is 3. The van der Waals surface area contributed by atoms with Crippen LogP contribution < -0.4 is 5.32 Å². The predicted molar refractivity (Wildman–Crippen MR) is 83.9 cm³/mol. The highest BCUT2D eigenvalue weighted by Gasteiger charge is 2.35. The first-order valence-electron chi connectivity index (χ1n) is 7.33. The zero-order valence-electron chi connectivity index (χ0n) is 11.7. The Morgan fingerprint density at radius 3 is 2.62 bits per heavy atom. The normalized spacial score (nSPS) is 27.3. The quantitative estimate of drug-likeness (QED) is 0.839. The molecular weight excluding hydrogens is 288 g/mol. The Morgan fingerprint density at radius 1 is 1.14 bits per heavy atom. The van der Waals surface area contributed by atoms with Crippen LogP contribution in [0, 0.1) is 0 Å². The van der Waals surface area contributed by atoms with Gasteiger partial charge in [0.15, 0.2) is 0 Å². The van der Waals surface area contributed by atoms with Crippen molar-refractivity contribution in [3.05, 3.63) is 36.0 Å². The van der Waals surface area contributed by atoms with Crippen LogP contribution in [0.2, 0.25) is 0 Å². The minimum Gasteiger partial charge on any atom is -0.459 e. The second-order valence-corrected chi connectivity index (χ2v) is 5.88. The second kappa shape index (κ2) is 5.70. The maximum Gasteiger partial charge on any atom is 0.340 e. The van der Waals surface area contributed by atoms with Crippen molar-refractivity contribution in [1.29, 1.82) is 0 Å². The number of esters is 1. The highest BCUT2D eigenvalue weighted by Crippen LogP contribution is 2.29. The first-order chi connectivity index (χ1) is 9.79. The maximum atomic E-state index is 12.4. The Labute approximate surface area is 129 Å². The number of hydrogen-bond donors (Lipinski definition) is 2. The number of ether oxygens (including phenoxy) is 1. The summed E-state index contributed by atoms with van der Waals surface area (Å²) in [6.07, 6.45) is 6.14. The number of halogens is 1. The van der Waals surface area contributed by atoms with Gasteiger partial charge < -0.3 is 15.0 Å². The van der Waals surface area contributed by atoms with Gasteiger partial charge in [-0.15, -0.1) is 12.4 Å². The molecule has 2 bridgehead atoms. The number of carbonyl (C=O) groups is 1. The van der Waals surface area contributed by atoms with Crippen molar-refractivity contribution >= 4 is 29.3 Å². The summed E-state index contributed by atoms with van der Waals surface area (Å²) in [6, 6.07) is 8.89. The molecule has 2 aliphatic heterocycles. The topological polar surface area (TPSA) is 54.1 Å². The number of aromatic nitrogens is 1. The van der Waals surface area contributed by atoms with Crippen molar-refractivity contribution in [2.45, 2.75) is 43.9 Å². The summed E-state index contributed by atoms with van der Waals surface area (Å²) in [5, 5.41) is 4.50. The fraction of sp³-hybridized carbons (Fsp3) is 0.438. The number of para-hydroxylation sites is 1. The highest BCUT2D eigenvalue weighted by molar-refractivity contribution is 6.04. The average molecular weight is 307 g/mol. The molecule has 2 aromatic rings. The summed E-state index contributed by atoms with van der Waals surface area (Å²) >= 11 is 0. The van der Waals surface area contributed by atoms with E-state index in [9.17, 15) is 4.79 Å². The van der Waals surface area contributed by atoms with Crippen LogP contribution in [-0.2, 0) is 4.74 Å². The second-order valence-electron chi connectivity index (χ2n) is 5.88. The maximum absolute atomic E-state index is 12.4. The number of H-pyrrole nitrogens is 1. The van der Waals surface area contributed by atoms with Crippen molar-refractivity contribution in [3.63, 3.8) is 0 Å². The zero-order valence-corrected chi connectivity index (χ0v) is 12.5. The molecule has 0 amide bonds. The standard InChI is InChI=1S/C16H18N2O2.ClH/c19-16(14-9-17-15-4-2-1-3-13(14)15)20-12-7-10-5-6-11(8-12)18-10;/h1-4,9-12,17-18H,5-8H2;1H. The monoisotopic (exact) mass is 306 g/mol. The summed E-state index contributed by atoms with van der Waals surface area (Å²) in [5.74, 6) is -0.200. The smallest absolute Gasteiger partial charge is 0.340 e. The van der Waals surface area contributed by atoms with E-state index in [0.29, 0.717) is 17.6 Å². The van der Waals surface area contributed by atoms with Crippen molar-refractivity contribution in [2.75, 3.05) is 0 Å². The number of fused-ring (bicyclic) bond motifs is 3. The fourth-order valence-corrected chi connectivity index (χ4v) is 3.56. The van der Waals surface area contributed by atoms with Gasteiger partial charge in [-0.25, -0.2) is 4.79 Å². The van der Waals surface area contributed by atoms with Gasteiger partial charge in [-0.3, -0.25) is 0 Å². The minimum absolute atomic E-state index is 0. The Balaban J connectivity index is 0.00000132. The van der Waals surface area contributed by atoms with Gasteiger partial charge in [0.25, 0.3) is 0 Å². The van der Waals surface area contributed by atoms with Gasteiger partial charge in [-0.2, -0.15) is 0 Å². The molecule has 112 valence electrons. The number of piperidine rings is 1. The third-order valence-electron chi connectivity index (χ3n) is 4.51. The molecule has 0 radical (unpaired) electrons. The fourth-order valence-electron chi connectivity index (χ4n) is 3.56. The molecule has 1 aromatic carbocycles. The molecule has 0 spiro atoms. The molecule has 2 aliphatic rings. The molecule has 1 aromatic heterocycles. The van der Waals surface area contributed by atoms with E-state index in [4.69, 9.17) is 4.74 Å².